The van der Waals surface area contributed by atoms with Gasteiger partial charge in [0.15, 0.2) is 0 Å². The minimum absolute atomic E-state index is 0.324. The Kier molecular flexibility index (Phi) is 3.68. The Morgan fingerprint density at radius 3 is 2.33 bits per heavy atom. The first-order chi connectivity index (χ1) is 8.76. The van der Waals surface area contributed by atoms with E-state index in [-0.39, 0.29) is 0 Å². The summed E-state index contributed by atoms with van der Waals surface area (Å²) in [4.78, 5) is 0. The van der Waals surface area contributed by atoms with Crippen LogP contribution < -0.4 is 5.32 Å². The fraction of sp³-hybridized carbons (Fsp3) is 1.00. The number of hydrogen-bond acceptors (Lipinski definition) is 2. The van der Waals surface area contributed by atoms with E-state index in [0.29, 0.717) is 17.1 Å². The summed E-state index contributed by atoms with van der Waals surface area (Å²) in [5, 5.41) is 3.43. The maximum atomic E-state index is 6.52. The molecule has 1 saturated heterocycles. The van der Waals surface area contributed by atoms with Crippen LogP contribution in [0.1, 0.15) is 70.6 Å². The van der Waals surface area contributed by atoms with Crippen molar-refractivity contribution in [1.29, 1.82) is 0 Å². The molecule has 2 saturated carbocycles. The molecule has 3 aliphatic rings. The van der Waals surface area contributed by atoms with Crippen LogP contribution in [-0.2, 0) is 4.74 Å². The van der Waals surface area contributed by atoms with Gasteiger partial charge in [-0.25, -0.2) is 0 Å². The van der Waals surface area contributed by atoms with Gasteiger partial charge in [-0.3, -0.25) is 0 Å². The SMILES string of the molecule is CNCC1(CC2CCC3(CCCC3)O2)CCCC1. The lowest BCUT2D eigenvalue weighted by Crippen LogP contribution is -2.34. The van der Waals surface area contributed by atoms with Crippen molar-refractivity contribution in [3.05, 3.63) is 0 Å². The first-order valence-electron chi connectivity index (χ1n) is 8.08. The zero-order valence-electron chi connectivity index (χ0n) is 12.0. The van der Waals surface area contributed by atoms with Gasteiger partial charge in [-0.05, 0) is 57.4 Å². The fourth-order valence-electron chi connectivity index (χ4n) is 4.86. The zero-order valence-corrected chi connectivity index (χ0v) is 12.0. The van der Waals surface area contributed by atoms with Gasteiger partial charge in [-0.1, -0.05) is 25.7 Å². The molecule has 1 unspecified atom stereocenters. The molecule has 2 nitrogen and oxygen atoms in total. The molecule has 2 heteroatoms. The number of rotatable bonds is 4. The van der Waals surface area contributed by atoms with Crippen molar-refractivity contribution in [2.45, 2.75) is 82.3 Å². The van der Waals surface area contributed by atoms with Gasteiger partial charge in [-0.2, -0.15) is 0 Å². The Hall–Kier alpha value is -0.0800. The van der Waals surface area contributed by atoms with Gasteiger partial charge in [0, 0.05) is 6.54 Å². The molecule has 3 fully saturated rings. The summed E-state index contributed by atoms with van der Waals surface area (Å²) in [7, 11) is 2.11. The minimum Gasteiger partial charge on any atom is -0.372 e. The maximum Gasteiger partial charge on any atom is 0.0687 e. The van der Waals surface area contributed by atoms with Crippen LogP contribution in [0.25, 0.3) is 0 Å². The first-order valence-corrected chi connectivity index (χ1v) is 8.08. The van der Waals surface area contributed by atoms with E-state index in [1.54, 1.807) is 0 Å². The third kappa shape index (κ3) is 2.46. The van der Waals surface area contributed by atoms with Crippen molar-refractivity contribution in [2.75, 3.05) is 13.6 Å². The topological polar surface area (TPSA) is 21.3 Å². The summed E-state index contributed by atoms with van der Waals surface area (Å²) in [6, 6.07) is 0. The van der Waals surface area contributed by atoms with Crippen LogP contribution in [0.4, 0.5) is 0 Å². The second-order valence-corrected chi connectivity index (χ2v) is 7.11. The maximum absolute atomic E-state index is 6.52. The van der Waals surface area contributed by atoms with E-state index in [1.165, 1.54) is 77.2 Å². The van der Waals surface area contributed by atoms with Gasteiger partial charge in [0.25, 0.3) is 0 Å². The summed E-state index contributed by atoms with van der Waals surface area (Å²) in [6.45, 7) is 1.19. The number of nitrogens with one attached hydrogen (secondary N) is 1. The van der Waals surface area contributed by atoms with Gasteiger partial charge < -0.3 is 10.1 Å². The van der Waals surface area contributed by atoms with Gasteiger partial charge in [0.05, 0.1) is 11.7 Å². The molecule has 1 atom stereocenters. The van der Waals surface area contributed by atoms with E-state index in [9.17, 15) is 0 Å². The summed E-state index contributed by atoms with van der Waals surface area (Å²) < 4.78 is 6.52. The smallest absolute Gasteiger partial charge is 0.0687 e. The molecule has 3 rings (SSSR count). The van der Waals surface area contributed by atoms with Gasteiger partial charge in [0.1, 0.15) is 0 Å². The van der Waals surface area contributed by atoms with Crippen LogP contribution >= 0.6 is 0 Å². The van der Waals surface area contributed by atoms with Crippen LogP contribution in [0, 0.1) is 5.41 Å². The standard InChI is InChI=1S/C16H29NO/c1-17-13-15(7-2-3-8-15)12-14-6-11-16(18-14)9-4-5-10-16/h14,17H,2-13H2,1H3. The van der Waals surface area contributed by atoms with Crippen molar-refractivity contribution in [2.24, 2.45) is 5.41 Å². The van der Waals surface area contributed by atoms with Crippen molar-refractivity contribution < 1.29 is 4.74 Å². The van der Waals surface area contributed by atoms with E-state index in [4.69, 9.17) is 4.74 Å². The highest BCUT2D eigenvalue weighted by Gasteiger charge is 2.45. The third-order valence-electron chi connectivity index (χ3n) is 5.73. The molecule has 0 amide bonds. The summed E-state index contributed by atoms with van der Waals surface area (Å²) >= 11 is 0. The third-order valence-corrected chi connectivity index (χ3v) is 5.73. The highest BCUT2D eigenvalue weighted by atomic mass is 16.5. The van der Waals surface area contributed by atoms with Gasteiger partial charge in [0.2, 0.25) is 0 Å². The van der Waals surface area contributed by atoms with E-state index in [2.05, 4.69) is 12.4 Å². The van der Waals surface area contributed by atoms with Crippen molar-refractivity contribution >= 4 is 0 Å². The molecule has 0 bridgehead atoms. The van der Waals surface area contributed by atoms with E-state index < -0.39 is 0 Å². The molecule has 18 heavy (non-hydrogen) atoms. The summed E-state index contributed by atoms with van der Waals surface area (Å²) in [5.41, 5.74) is 0.883. The monoisotopic (exact) mass is 251 g/mol. The Labute approximate surface area is 112 Å². The normalized spacial score (nSPS) is 33.5. The minimum atomic E-state index is 0.324. The summed E-state index contributed by atoms with van der Waals surface area (Å²) in [6.07, 6.45) is 15.7. The Balaban J connectivity index is 1.59. The Morgan fingerprint density at radius 1 is 1.00 bits per heavy atom. The van der Waals surface area contributed by atoms with Crippen LogP contribution in [-0.4, -0.2) is 25.3 Å². The molecule has 104 valence electrons. The molecule has 1 N–H and O–H groups in total. The highest BCUT2D eigenvalue weighted by Crippen LogP contribution is 2.48. The molecule has 0 radical (unpaired) electrons. The Bertz CT molecular complexity index is 277. The van der Waals surface area contributed by atoms with Crippen LogP contribution in [0.3, 0.4) is 0 Å². The largest absolute Gasteiger partial charge is 0.372 e. The van der Waals surface area contributed by atoms with E-state index in [1.807, 2.05) is 0 Å². The highest BCUT2D eigenvalue weighted by molar-refractivity contribution is 4.96. The lowest BCUT2D eigenvalue weighted by Gasteiger charge is -2.33. The summed E-state index contributed by atoms with van der Waals surface area (Å²) in [5.74, 6) is 0. The molecular formula is C16H29NO. The molecule has 1 aliphatic heterocycles. The molecular weight excluding hydrogens is 222 g/mol. The number of hydrogen-bond donors (Lipinski definition) is 1. The average molecular weight is 251 g/mol. The van der Waals surface area contributed by atoms with Crippen LogP contribution in [0.2, 0.25) is 0 Å². The van der Waals surface area contributed by atoms with Crippen molar-refractivity contribution in [3.8, 4) is 0 Å². The predicted molar refractivity (Wildman–Crippen MR) is 74.8 cm³/mol. The molecule has 1 heterocycles. The van der Waals surface area contributed by atoms with Crippen molar-refractivity contribution in [1.82, 2.24) is 5.32 Å². The van der Waals surface area contributed by atoms with Crippen LogP contribution in [0.15, 0.2) is 0 Å². The molecule has 0 aromatic carbocycles. The molecule has 2 aliphatic carbocycles. The van der Waals surface area contributed by atoms with E-state index >= 15 is 0 Å². The molecule has 0 aromatic rings. The van der Waals surface area contributed by atoms with E-state index in [0.717, 1.165) is 0 Å². The zero-order chi connectivity index (χ0) is 12.5. The average Bonchev–Trinajstić information content (AvgIpc) is 3.05. The van der Waals surface area contributed by atoms with Gasteiger partial charge in [-0.15, -0.1) is 0 Å². The quantitative estimate of drug-likeness (QED) is 0.823. The lowest BCUT2D eigenvalue weighted by atomic mass is 9.80. The van der Waals surface area contributed by atoms with Crippen LogP contribution in [0.5, 0.6) is 0 Å². The second-order valence-electron chi connectivity index (χ2n) is 7.11. The number of ether oxygens (including phenoxy) is 1. The fourth-order valence-corrected chi connectivity index (χ4v) is 4.86. The first kappa shape index (κ1) is 12.9. The van der Waals surface area contributed by atoms with Crippen molar-refractivity contribution in [3.63, 3.8) is 0 Å². The Morgan fingerprint density at radius 2 is 1.67 bits per heavy atom. The second kappa shape index (κ2) is 5.13. The molecule has 1 spiro atoms. The lowest BCUT2D eigenvalue weighted by molar-refractivity contribution is -0.0528. The predicted octanol–water partition coefficient (Wildman–Crippen LogP) is 3.65. The van der Waals surface area contributed by atoms with Gasteiger partial charge >= 0.3 is 0 Å². The molecule has 0 aromatic heterocycles.